The predicted octanol–water partition coefficient (Wildman–Crippen LogP) is 5.55. The van der Waals surface area contributed by atoms with Gasteiger partial charge in [0.15, 0.2) is 0 Å². The van der Waals surface area contributed by atoms with Gasteiger partial charge in [0.25, 0.3) is 11.8 Å². The van der Waals surface area contributed by atoms with Crippen molar-refractivity contribution in [2.75, 3.05) is 39.3 Å². The topological polar surface area (TPSA) is 112 Å². The van der Waals surface area contributed by atoms with Crippen molar-refractivity contribution >= 4 is 39.1 Å². The minimum atomic E-state index is -0.541. The highest BCUT2D eigenvalue weighted by Gasteiger charge is 2.22. The molecule has 1 aromatic carbocycles. The fraction of sp³-hybridized carbons (Fsp3) is 0.429. The van der Waals surface area contributed by atoms with Crippen molar-refractivity contribution in [2.45, 2.75) is 33.6 Å². The van der Waals surface area contributed by atoms with Gasteiger partial charge in [0, 0.05) is 32.2 Å². The van der Waals surface area contributed by atoms with E-state index in [9.17, 15) is 14.0 Å². The first-order valence-corrected chi connectivity index (χ1v) is 13.4. The number of anilines is 1. The molecule has 2 atom stereocenters. The summed E-state index contributed by atoms with van der Waals surface area (Å²) in [6.45, 7) is 11.5. The number of aromatic nitrogens is 2. The summed E-state index contributed by atoms with van der Waals surface area (Å²) in [5, 5.41) is 6.11. The molecule has 2 aromatic heterocycles. The standard InChI is InChI=1S/C21H21FN4O4S.C7H14O/c1-11(22)7-8-23-20(27)13-9-17(30-4)24-10-15(13)26-21(28)18-16(29-3)6-5-14-19(18)31-12(2)25-14;1-6-3-7(2)5-8-4-6/h5-6,9-10H,1,7-8H2,2-4H3,(H,23,27)(H,26,28);6-7H,3-5H2,1-2H3. The highest BCUT2D eigenvalue weighted by atomic mass is 32.1. The molecule has 1 fully saturated rings. The van der Waals surface area contributed by atoms with Gasteiger partial charge in [0.05, 0.1) is 52.7 Å². The lowest BCUT2D eigenvalue weighted by molar-refractivity contribution is 0.0274. The number of carbonyl (C=O) groups excluding carboxylic acids is 2. The number of carbonyl (C=O) groups is 2. The molecule has 0 saturated carbocycles. The van der Waals surface area contributed by atoms with Crippen LogP contribution in [0.3, 0.4) is 0 Å². The minimum Gasteiger partial charge on any atom is -0.496 e. The van der Waals surface area contributed by atoms with Crippen LogP contribution in [0.1, 0.15) is 52.4 Å². The highest BCUT2D eigenvalue weighted by molar-refractivity contribution is 7.19. The molecule has 0 spiro atoms. The third kappa shape index (κ3) is 8.21. The van der Waals surface area contributed by atoms with Crippen molar-refractivity contribution in [2.24, 2.45) is 11.8 Å². The number of thiazole rings is 1. The summed E-state index contributed by atoms with van der Waals surface area (Å²) >= 11 is 1.37. The third-order valence-corrected chi connectivity index (χ3v) is 6.95. The summed E-state index contributed by atoms with van der Waals surface area (Å²) in [5.41, 5.74) is 1.27. The Hall–Kier alpha value is -3.57. The average molecular weight is 559 g/mol. The number of benzene rings is 1. The van der Waals surface area contributed by atoms with Crippen LogP contribution in [0.25, 0.3) is 10.2 Å². The van der Waals surface area contributed by atoms with E-state index >= 15 is 0 Å². The Morgan fingerprint density at radius 1 is 1.18 bits per heavy atom. The van der Waals surface area contributed by atoms with E-state index in [-0.39, 0.29) is 30.1 Å². The molecule has 1 aliphatic rings. The van der Waals surface area contributed by atoms with Crippen molar-refractivity contribution in [1.29, 1.82) is 0 Å². The fourth-order valence-corrected chi connectivity index (χ4v) is 5.14. The summed E-state index contributed by atoms with van der Waals surface area (Å²) in [4.78, 5) is 34.3. The molecule has 0 bridgehead atoms. The van der Waals surface area contributed by atoms with E-state index in [0.717, 1.165) is 30.1 Å². The van der Waals surface area contributed by atoms with Crippen molar-refractivity contribution in [3.8, 4) is 11.6 Å². The van der Waals surface area contributed by atoms with Gasteiger partial charge in [0.2, 0.25) is 5.88 Å². The van der Waals surface area contributed by atoms with E-state index in [1.165, 1.54) is 44.2 Å². The maximum absolute atomic E-state index is 13.2. The Labute approximate surface area is 231 Å². The number of hydrogen-bond donors (Lipinski definition) is 2. The molecule has 11 heteroatoms. The van der Waals surface area contributed by atoms with Gasteiger partial charge in [-0.3, -0.25) is 9.59 Å². The van der Waals surface area contributed by atoms with E-state index in [0.29, 0.717) is 21.5 Å². The molecule has 2 amide bonds. The number of aryl methyl sites for hydroxylation is 1. The lowest BCUT2D eigenvalue weighted by Gasteiger charge is -2.23. The van der Waals surface area contributed by atoms with E-state index in [2.05, 4.69) is 41.0 Å². The van der Waals surface area contributed by atoms with Gasteiger partial charge in [-0.1, -0.05) is 20.4 Å². The highest BCUT2D eigenvalue weighted by Crippen LogP contribution is 2.33. The first-order valence-electron chi connectivity index (χ1n) is 12.6. The molecule has 9 nitrogen and oxygen atoms in total. The lowest BCUT2D eigenvalue weighted by Crippen LogP contribution is -2.26. The fourth-order valence-electron chi connectivity index (χ4n) is 4.19. The number of methoxy groups -OCH3 is 2. The largest absolute Gasteiger partial charge is 0.496 e. The summed E-state index contributed by atoms with van der Waals surface area (Å²) in [6, 6.07) is 4.84. The quantitative estimate of drug-likeness (QED) is 0.373. The van der Waals surface area contributed by atoms with Crippen molar-refractivity contribution in [1.82, 2.24) is 15.3 Å². The van der Waals surface area contributed by atoms with E-state index in [1.807, 2.05) is 6.92 Å². The summed E-state index contributed by atoms with van der Waals surface area (Å²) < 4.78 is 29.3. The SMILES string of the molecule is C=C(F)CCNC(=O)c1cc(OC)ncc1NC(=O)c1c(OC)ccc2nc(C)sc12.CC1COCC(C)C1. The van der Waals surface area contributed by atoms with E-state index in [1.54, 1.807) is 12.1 Å². The lowest BCUT2D eigenvalue weighted by atomic mass is 9.96. The molecule has 3 aromatic rings. The summed E-state index contributed by atoms with van der Waals surface area (Å²) in [7, 11) is 2.88. The van der Waals surface area contributed by atoms with Crippen molar-refractivity contribution < 1.29 is 28.2 Å². The molecule has 210 valence electrons. The molecule has 4 rings (SSSR count). The summed E-state index contributed by atoms with van der Waals surface area (Å²) in [5.74, 6) is 0.609. The number of nitrogens with zero attached hydrogens (tertiary/aromatic N) is 2. The molecule has 39 heavy (non-hydrogen) atoms. The van der Waals surface area contributed by atoms with E-state index < -0.39 is 17.6 Å². The van der Waals surface area contributed by atoms with Gasteiger partial charge in [-0.05, 0) is 37.3 Å². The number of nitrogens with one attached hydrogen (secondary N) is 2. The maximum atomic E-state index is 13.2. The Balaban J connectivity index is 0.000000449. The first kappa shape index (κ1) is 30.0. The van der Waals surface area contributed by atoms with Gasteiger partial charge in [-0.2, -0.15) is 0 Å². The molecule has 0 radical (unpaired) electrons. The molecule has 0 aliphatic carbocycles. The second-order valence-electron chi connectivity index (χ2n) is 9.46. The van der Waals surface area contributed by atoms with Crippen LogP contribution in [-0.4, -0.2) is 55.8 Å². The normalized spacial score (nSPS) is 16.6. The average Bonchev–Trinajstić information content (AvgIpc) is 3.28. The summed E-state index contributed by atoms with van der Waals surface area (Å²) in [6.07, 6.45) is 2.66. The number of halogens is 1. The van der Waals surface area contributed by atoms with Crippen LogP contribution in [-0.2, 0) is 4.74 Å². The molecule has 1 saturated heterocycles. The Morgan fingerprint density at radius 2 is 1.90 bits per heavy atom. The minimum absolute atomic E-state index is 0.0143. The third-order valence-electron chi connectivity index (χ3n) is 5.95. The zero-order valence-electron chi connectivity index (χ0n) is 22.9. The van der Waals surface area contributed by atoms with Gasteiger partial charge in [-0.25, -0.2) is 14.4 Å². The number of rotatable bonds is 8. The zero-order valence-corrected chi connectivity index (χ0v) is 23.7. The Morgan fingerprint density at radius 3 is 2.49 bits per heavy atom. The van der Waals surface area contributed by atoms with Crippen LogP contribution in [0.15, 0.2) is 36.8 Å². The zero-order chi connectivity index (χ0) is 28.5. The smallest absolute Gasteiger partial charge is 0.261 e. The van der Waals surface area contributed by atoms with Crippen molar-refractivity contribution in [3.05, 3.63) is 52.9 Å². The van der Waals surface area contributed by atoms with Gasteiger partial charge < -0.3 is 24.8 Å². The number of ether oxygens (including phenoxy) is 3. The predicted molar refractivity (Wildman–Crippen MR) is 151 cm³/mol. The molecule has 2 N–H and O–H groups in total. The molecular weight excluding hydrogens is 523 g/mol. The second kappa shape index (κ2) is 14.0. The van der Waals surface area contributed by atoms with Crippen LogP contribution in [0.2, 0.25) is 0 Å². The van der Waals surface area contributed by atoms with Gasteiger partial charge in [0.1, 0.15) is 11.3 Å². The van der Waals surface area contributed by atoms with Crippen LogP contribution in [0.5, 0.6) is 11.6 Å². The molecule has 1 aliphatic heterocycles. The van der Waals surface area contributed by atoms with Gasteiger partial charge >= 0.3 is 0 Å². The van der Waals surface area contributed by atoms with Crippen LogP contribution in [0.4, 0.5) is 10.1 Å². The van der Waals surface area contributed by atoms with Crippen LogP contribution >= 0.6 is 11.3 Å². The number of pyridine rings is 1. The molecular formula is C28H35FN4O5S. The van der Waals surface area contributed by atoms with Crippen LogP contribution < -0.4 is 20.1 Å². The number of amides is 2. The Bertz CT molecular complexity index is 1320. The number of fused-ring (bicyclic) bond motifs is 1. The monoisotopic (exact) mass is 558 g/mol. The first-order chi connectivity index (χ1) is 18.6. The van der Waals surface area contributed by atoms with Crippen molar-refractivity contribution in [3.63, 3.8) is 0 Å². The van der Waals surface area contributed by atoms with Crippen LogP contribution in [0, 0.1) is 18.8 Å². The second-order valence-corrected chi connectivity index (χ2v) is 10.7. The maximum Gasteiger partial charge on any atom is 0.261 e. The van der Waals surface area contributed by atoms with Gasteiger partial charge in [-0.15, -0.1) is 11.3 Å². The Kier molecular flexibility index (Phi) is 10.8. The van der Waals surface area contributed by atoms with E-state index in [4.69, 9.17) is 14.2 Å². The number of hydrogen-bond acceptors (Lipinski definition) is 8. The molecule has 2 unspecified atom stereocenters. The molecule has 3 heterocycles.